The molecule has 0 unspecified atom stereocenters. The molecule has 0 aromatic heterocycles. The van der Waals surface area contributed by atoms with Crippen molar-refractivity contribution in [2.24, 2.45) is 0 Å². The van der Waals surface area contributed by atoms with Crippen molar-refractivity contribution in [3.05, 3.63) is 60.2 Å². The summed E-state index contributed by atoms with van der Waals surface area (Å²) < 4.78 is 0. The summed E-state index contributed by atoms with van der Waals surface area (Å²) in [5, 5.41) is 0. The molecule has 2 rings (SSSR count). The second-order valence-electron chi connectivity index (χ2n) is 5.15. The molecule has 19 heavy (non-hydrogen) atoms. The van der Waals surface area contributed by atoms with E-state index in [9.17, 15) is 0 Å². The van der Waals surface area contributed by atoms with Crippen LogP contribution in [0.5, 0.6) is 0 Å². The maximum absolute atomic E-state index is 3.06. The van der Waals surface area contributed by atoms with Crippen molar-refractivity contribution in [1.29, 1.82) is 0 Å². The van der Waals surface area contributed by atoms with Gasteiger partial charge in [-0.2, -0.15) is 0 Å². The molecular weight excluding hydrogens is 228 g/mol. The minimum atomic E-state index is 1.21. The first-order valence-corrected chi connectivity index (χ1v) is 7.45. The fraction of sp³-hybridized carbons (Fsp3) is 0.368. The molecule has 2 aromatic rings. The van der Waals surface area contributed by atoms with Crippen LogP contribution in [0.15, 0.2) is 48.5 Å². The van der Waals surface area contributed by atoms with Crippen LogP contribution in [-0.2, 0) is 6.42 Å². The Hall–Kier alpha value is -1.56. The maximum atomic E-state index is 3.06. The molecule has 0 aliphatic heterocycles. The molecule has 0 aliphatic carbocycles. The molecule has 0 fully saturated rings. The zero-order valence-corrected chi connectivity index (χ0v) is 11.9. The van der Waals surface area contributed by atoms with Crippen molar-refractivity contribution in [1.82, 2.24) is 0 Å². The molecule has 0 aliphatic rings. The van der Waals surface area contributed by atoms with Gasteiger partial charge in [0, 0.05) is 0 Å². The normalized spacial score (nSPS) is 10.6. The van der Waals surface area contributed by atoms with Gasteiger partial charge in [0.25, 0.3) is 0 Å². The van der Waals surface area contributed by atoms with Gasteiger partial charge in [-0.3, -0.25) is 0 Å². The minimum absolute atomic E-state index is 1.21. The standard InChI is InChI=1S/C19H23/c1-2-3-4-5-7-10-17-13-15-19(16-14-17)18-11-8-6-9-12-18/h8-9,11-16H,2-5,7,10H2,1H3. The second-order valence-corrected chi connectivity index (χ2v) is 5.15. The predicted octanol–water partition coefficient (Wildman–Crippen LogP) is 5.67. The van der Waals surface area contributed by atoms with Gasteiger partial charge in [-0.15, -0.1) is 0 Å². The largest absolute Gasteiger partial charge is 0.0654 e. The average Bonchev–Trinajstić information content (AvgIpc) is 2.49. The van der Waals surface area contributed by atoms with Crippen LogP contribution in [0, 0.1) is 6.07 Å². The van der Waals surface area contributed by atoms with Gasteiger partial charge in [-0.25, -0.2) is 0 Å². The fourth-order valence-electron chi connectivity index (χ4n) is 2.38. The van der Waals surface area contributed by atoms with E-state index >= 15 is 0 Å². The first-order chi connectivity index (χ1) is 9.40. The molecular formula is C19H23. The number of benzene rings is 2. The molecule has 0 atom stereocenters. The third-order valence-electron chi connectivity index (χ3n) is 3.57. The monoisotopic (exact) mass is 251 g/mol. The molecule has 0 heterocycles. The zero-order valence-electron chi connectivity index (χ0n) is 11.9. The lowest BCUT2D eigenvalue weighted by molar-refractivity contribution is 0.632. The summed E-state index contributed by atoms with van der Waals surface area (Å²) in [4.78, 5) is 0. The van der Waals surface area contributed by atoms with E-state index in [0.29, 0.717) is 0 Å². The lowest BCUT2D eigenvalue weighted by Gasteiger charge is -2.04. The first kappa shape index (κ1) is 13.9. The fourth-order valence-corrected chi connectivity index (χ4v) is 2.38. The Morgan fingerprint density at radius 3 is 2.05 bits per heavy atom. The van der Waals surface area contributed by atoms with E-state index in [1.54, 1.807) is 0 Å². The van der Waals surface area contributed by atoms with E-state index in [4.69, 9.17) is 0 Å². The topological polar surface area (TPSA) is 0 Å². The van der Waals surface area contributed by atoms with E-state index in [-0.39, 0.29) is 0 Å². The molecule has 99 valence electrons. The zero-order chi connectivity index (χ0) is 13.3. The number of rotatable bonds is 7. The van der Waals surface area contributed by atoms with E-state index in [1.807, 2.05) is 12.1 Å². The number of hydrogen-bond donors (Lipinski definition) is 0. The second kappa shape index (κ2) is 7.78. The summed E-state index contributed by atoms with van der Waals surface area (Å²) >= 11 is 0. The number of unbranched alkanes of at least 4 members (excludes halogenated alkanes) is 4. The van der Waals surface area contributed by atoms with E-state index in [1.165, 1.54) is 55.2 Å². The van der Waals surface area contributed by atoms with Crippen molar-refractivity contribution in [2.75, 3.05) is 0 Å². The van der Waals surface area contributed by atoms with Gasteiger partial charge < -0.3 is 0 Å². The number of hydrogen-bond acceptors (Lipinski definition) is 0. The van der Waals surface area contributed by atoms with Crippen molar-refractivity contribution >= 4 is 0 Å². The summed E-state index contributed by atoms with van der Waals surface area (Å²) in [6.07, 6.45) is 7.98. The molecule has 0 saturated heterocycles. The molecule has 0 N–H and O–H groups in total. The van der Waals surface area contributed by atoms with Crippen molar-refractivity contribution < 1.29 is 0 Å². The van der Waals surface area contributed by atoms with Crippen LogP contribution in [0.3, 0.4) is 0 Å². The Bertz CT molecular complexity index is 453. The predicted molar refractivity (Wildman–Crippen MR) is 83.2 cm³/mol. The SMILES string of the molecule is CCCCCCCc1ccc(-c2cc[c]cc2)cc1. The van der Waals surface area contributed by atoms with E-state index < -0.39 is 0 Å². The third kappa shape index (κ3) is 4.55. The quantitative estimate of drug-likeness (QED) is 0.556. The van der Waals surface area contributed by atoms with Crippen LogP contribution >= 0.6 is 0 Å². The molecule has 2 aromatic carbocycles. The Morgan fingerprint density at radius 1 is 0.737 bits per heavy atom. The Labute approximate surface area is 117 Å². The van der Waals surface area contributed by atoms with Gasteiger partial charge in [0.1, 0.15) is 0 Å². The molecule has 0 saturated carbocycles. The summed E-state index contributed by atoms with van der Waals surface area (Å²) in [5.74, 6) is 0. The van der Waals surface area contributed by atoms with Gasteiger partial charge in [0.05, 0.1) is 0 Å². The van der Waals surface area contributed by atoms with Crippen LogP contribution < -0.4 is 0 Å². The highest BCUT2D eigenvalue weighted by Gasteiger charge is 1.97. The Balaban J connectivity index is 1.85. The van der Waals surface area contributed by atoms with Gasteiger partial charge in [0.15, 0.2) is 0 Å². The van der Waals surface area contributed by atoms with Gasteiger partial charge in [0.2, 0.25) is 0 Å². The highest BCUT2D eigenvalue weighted by Crippen LogP contribution is 2.19. The molecule has 0 heteroatoms. The Kier molecular flexibility index (Phi) is 5.68. The third-order valence-corrected chi connectivity index (χ3v) is 3.57. The lowest BCUT2D eigenvalue weighted by atomic mass is 10.0. The first-order valence-electron chi connectivity index (χ1n) is 7.45. The highest BCUT2D eigenvalue weighted by molar-refractivity contribution is 5.63. The summed E-state index contributed by atoms with van der Waals surface area (Å²) in [6.45, 7) is 2.26. The summed E-state index contributed by atoms with van der Waals surface area (Å²) in [7, 11) is 0. The van der Waals surface area contributed by atoms with Crippen LogP contribution in [0.4, 0.5) is 0 Å². The van der Waals surface area contributed by atoms with Gasteiger partial charge in [-0.1, -0.05) is 81.1 Å². The van der Waals surface area contributed by atoms with E-state index in [0.717, 1.165) is 0 Å². The van der Waals surface area contributed by atoms with Crippen molar-refractivity contribution in [3.8, 4) is 11.1 Å². The van der Waals surface area contributed by atoms with Gasteiger partial charge >= 0.3 is 0 Å². The van der Waals surface area contributed by atoms with Crippen LogP contribution in [0.2, 0.25) is 0 Å². The van der Waals surface area contributed by atoms with Crippen molar-refractivity contribution in [3.63, 3.8) is 0 Å². The van der Waals surface area contributed by atoms with Crippen LogP contribution in [-0.4, -0.2) is 0 Å². The van der Waals surface area contributed by atoms with Crippen molar-refractivity contribution in [2.45, 2.75) is 45.4 Å². The summed E-state index contributed by atoms with van der Waals surface area (Å²) in [6, 6.07) is 20.2. The highest BCUT2D eigenvalue weighted by atomic mass is 14.0. The lowest BCUT2D eigenvalue weighted by Crippen LogP contribution is -1.86. The van der Waals surface area contributed by atoms with Gasteiger partial charge in [-0.05, 0) is 35.6 Å². The Morgan fingerprint density at radius 2 is 1.37 bits per heavy atom. The van der Waals surface area contributed by atoms with Crippen LogP contribution in [0.25, 0.3) is 11.1 Å². The molecule has 0 spiro atoms. The maximum Gasteiger partial charge on any atom is -0.0184 e. The average molecular weight is 251 g/mol. The molecule has 0 bridgehead atoms. The molecule has 0 amide bonds. The van der Waals surface area contributed by atoms with E-state index in [2.05, 4.69) is 49.4 Å². The molecule has 1 radical (unpaired) electrons. The minimum Gasteiger partial charge on any atom is -0.0654 e. The number of aryl methyl sites for hydroxylation is 1. The van der Waals surface area contributed by atoms with Crippen LogP contribution in [0.1, 0.15) is 44.6 Å². The molecule has 0 nitrogen and oxygen atoms in total. The smallest absolute Gasteiger partial charge is 0.0184 e. The summed E-state index contributed by atoms with van der Waals surface area (Å²) in [5.41, 5.74) is 4.03.